The molecular weight excluding hydrogens is 228 g/mol. The van der Waals surface area contributed by atoms with E-state index in [2.05, 4.69) is 0 Å². The van der Waals surface area contributed by atoms with Crippen molar-refractivity contribution in [2.75, 3.05) is 6.61 Å². The molecule has 0 spiro atoms. The Balaban J connectivity index is 1.69. The van der Waals surface area contributed by atoms with Crippen molar-refractivity contribution in [3.8, 4) is 0 Å². The van der Waals surface area contributed by atoms with E-state index in [4.69, 9.17) is 21.2 Å². The summed E-state index contributed by atoms with van der Waals surface area (Å²) in [6.45, 7) is 0.844. The fourth-order valence-corrected chi connectivity index (χ4v) is 5.12. The van der Waals surface area contributed by atoms with E-state index in [1.165, 1.54) is 0 Å². The second-order valence-corrected chi connectivity index (χ2v) is 7.11. The highest BCUT2D eigenvalue weighted by molar-refractivity contribution is 6.60. The molecule has 0 N–H and O–H groups in total. The molecule has 0 amide bonds. The van der Waals surface area contributed by atoms with Gasteiger partial charge in [-0.1, -0.05) is 0 Å². The zero-order valence-electron chi connectivity index (χ0n) is 6.03. The maximum Gasteiger partial charge on any atom is 0.412 e. The third kappa shape index (κ3) is 3.19. The Bertz CT molecular complexity index is 135. The third-order valence-electron chi connectivity index (χ3n) is 1.27. The van der Waals surface area contributed by atoms with E-state index in [-0.39, 0.29) is 30.0 Å². The Morgan fingerprint density at radius 3 is 2.42 bits per heavy atom. The minimum Gasteiger partial charge on any atom is -0.413 e. The number of ether oxygens (including phenoxy) is 1. The van der Waals surface area contributed by atoms with Crippen molar-refractivity contribution in [2.45, 2.75) is 12.1 Å². The molecule has 2 heterocycles. The van der Waals surface area contributed by atoms with Crippen LogP contribution in [-0.2, 0) is 21.2 Å². The van der Waals surface area contributed by atoms with Crippen molar-refractivity contribution in [3.05, 3.63) is 0 Å². The van der Waals surface area contributed by atoms with E-state index in [0.29, 0.717) is 6.10 Å². The standard InChI is InChI=1S/C3H5O5Si4/c1-3(4-1)2-12-7-10-5-9-6-11-8-12/h3H,1-2H2. The van der Waals surface area contributed by atoms with Crippen LogP contribution in [0, 0.1) is 0 Å². The molecule has 0 aromatic rings. The quantitative estimate of drug-likeness (QED) is 0.432. The molecule has 2 saturated heterocycles. The molecule has 12 heavy (non-hydrogen) atoms. The molecule has 0 aromatic heterocycles. The van der Waals surface area contributed by atoms with Gasteiger partial charge in [-0.25, -0.2) is 0 Å². The predicted octanol–water partition coefficient (Wildman–Crippen LogP) is -1.44. The van der Waals surface area contributed by atoms with Gasteiger partial charge in [0.15, 0.2) is 0 Å². The van der Waals surface area contributed by atoms with Crippen molar-refractivity contribution < 1.29 is 21.2 Å². The lowest BCUT2D eigenvalue weighted by molar-refractivity contribution is 0.321. The van der Waals surface area contributed by atoms with Gasteiger partial charge in [0, 0.05) is 6.04 Å². The van der Waals surface area contributed by atoms with Crippen LogP contribution in [0.1, 0.15) is 0 Å². The van der Waals surface area contributed by atoms with Gasteiger partial charge < -0.3 is 21.2 Å². The van der Waals surface area contributed by atoms with E-state index in [1.807, 2.05) is 0 Å². The van der Waals surface area contributed by atoms with Crippen molar-refractivity contribution >= 4 is 39.3 Å². The molecule has 0 aliphatic carbocycles. The third-order valence-corrected chi connectivity index (χ3v) is 5.88. The molecule has 9 heteroatoms. The zero-order valence-corrected chi connectivity index (χ0v) is 10.0. The number of rotatable bonds is 2. The molecule has 0 aromatic carbocycles. The van der Waals surface area contributed by atoms with E-state index in [1.54, 1.807) is 0 Å². The van der Waals surface area contributed by atoms with Crippen LogP contribution in [0.2, 0.25) is 6.04 Å². The van der Waals surface area contributed by atoms with Crippen molar-refractivity contribution in [1.29, 1.82) is 0 Å². The Hall–Kier alpha value is 0.668. The molecule has 1 unspecified atom stereocenters. The lowest BCUT2D eigenvalue weighted by Crippen LogP contribution is -2.34. The molecule has 2 rings (SSSR count). The molecular formula is C3H5O5Si4. The zero-order chi connectivity index (χ0) is 8.23. The SMILES string of the molecule is C1OC1C[Si]1O[Si]O[Si]O[Si]O1. The van der Waals surface area contributed by atoms with Gasteiger partial charge in [0.1, 0.15) is 0 Å². The van der Waals surface area contributed by atoms with Gasteiger partial charge in [-0.15, -0.1) is 0 Å². The summed E-state index contributed by atoms with van der Waals surface area (Å²) >= 11 is 0. The van der Waals surface area contributed by atoms with Gasteiger partial charge in [0.2, 0.25) is 0 Å². The number of epoxide rings is 1. The predicted molar refractivity (Wildman–Crippen MR) is 41.9 cm³/mol. The summed E-state index contributed by atoms with van der Waals surface area (Å²) in [7, 11) is -1.03. The fraction of sp³-hybridized carbons (Fsp3) is 1.00. The van der Waals surface area contributed by atoms with Gasteiger partial charge in [0.05, 0.1) is 12.7 Å². The molecule has 0 bridgehead atoms. The molecule has 2 aliphatic rings. The fourth-order valence-electron chi connectivity index (χ4n) is 0.665. The Labute approximate surface area is 79.7 Å². The normalized spacial score (nSPS) is 32.5. The van der Waals surface area contributed by atoms with Gasteiger partial charge >= 0.3 is 39.3 Å². The first kappa shape index (κ1) is 9.23. The first-order valence-electron chi connectivity index (χ1n) is 3.33. The second-order valence-electron chi connectivity index (χ2n) is 2.19. The molecule has 5 nitrogen and oxygen atoms in total. The first-order valence-corrected chi connectivity index (χ1v) is 7.30. The van der Waals surface area contributed by atoms with Crippen LogP contribution < -0.4 is 0 Å². The Kier molecular flexibility index (Phi) is 3.68. The molecule has 0 saturated carbocycles. The summed E-state index contributed by atoms with van der Waals surface area (Å²) in [5.74, 6) is 0. The van der Waals surface area contributed by atoms with Gasteiger partial charge in [-0.3, -0.25) is 0 Å². The monoisotopic (exact) mass is 233 g/mol. The minimum absolute atomic E-state index is 0.0513. The molecule has 63 valence electrons. The highest BCUT2D eigenvalue weighted by atomic mass is 28.4. The lowest BCUT2D eigenvalue weighted by Gasteiger charge is -2.15. The first-order chi connectivity index (χ1) is 5.95. The summed E-state index contributed by atoms with van der Waals surface area (Å²) in [4.78, 5) is 0. The highest BCUT2D eigenvalue weighted by Crippen LogP contribution is 2.17. The van der Waals surface area contributed by atoms with Crippen molar-refractivity contribution in [1.82, 2.24) is 0 Å². The van der Waals surface area contributed by atoms with Gasteiger partial charge in [-0.2, -0.15) is 0 Å². The maximum atomic E-state index is 5.37. The topological polar surface area (TPSA) is 49.5 Å². The highest BCUT2D eigenvalue weighted by Gasteiger charge is 2.31. The van der Waals surface area contributed by atoms with Crippen molar-refractivity contribution in [3.63, 3.8) is 0 Å². The van der Waals surface area contributed by atoms with E-state index < -0.39 is 9.28 Å². The van der Waals surface area contributed by atoms with Crippen LogP contribution in [-0.4, -0.2) is 52.0 Å². The molecule has 2 aliphatic heterocycles. The largest absolute Gasteiger partial charge is 0.413 e. The average molecular weight is 233 g/mol. The minimum atomic E-state index is -1.19. The van der Waals surface area contributed by atoms with E-state index >= 15 is 0 Å². The van der Waals surface area contributed by atoms with Crippen LogP contribution in [0.25, 0.3) is 0 Å². The van der Waals surface area contributed by atoms with Crippen LogP contribution in [0.5, 0.6) is 0 Å². The molecule has 2 fully saturated rings. The lowest BCUT2D eigenvalue weighted by atomic mass is 10.6. The molecule has 7 radical (unpaired) electrons. The summed E-state index contributed by atoms with van der Waals surface area (Å²) in [6.07, 6.45) is 0.357. The Morgan fingerprint density at radius 1 is 1.17 bits per heavy atom. The number of hydrogen-bond acceptors (Lipinski definition) is 5. The smallest absolute Gasteiger partial charge is 0.412 e. The van der Waals surface area contributed by atoms with E-state index in [0.717, 1.165) is 12.7 Å². The average Bonchev–Trinajstić information content (AvgIpc) is 2.78. The summed E-state index contributed by atoms with van der Waals surface area (Å²) in [5, 5.41) is 0. The summed E-state index contributed by atoms with van der Waals surface area (Å²) in [6, 6.07) is 0.875. The van der Waals surface area contributed by atoms with Crippen molar-refractivity contribution in [2.24, 2.45) is 0 Å². The van der Waals surface area contributed by atoms with Crippen LogP contribution in [0.15, 0.2) is 0 Å². The molecule has 1 atom stereocenters. The van der Waals surface area contributed by atoms with Crippen LogP contribution >= 0.6 is 0 Å². The second kappa shape index (κ2) is 4.78. The van der Waals surface area contributed by atoms with Gasteiger partial charge in [-0.05, 0) is 0 Å². The van der Waals surface area contributed by atoms with Gasteiger partial charge in [0.25, 0.3) is 0 Å². The maximum absolute atomic E-state index is 5.37. The number of hydrogen-bond donors (Lipinski definition) is 0. The Morgan fingerprint density at radius 2 is 1.83 bits per heavy atom. The van der Waals surface area contributed by atoms with E-state index in [9.17, 15) is 0 Å². The van der Waals surface area contributed by atoms with Crippen LogP contribution in [0.4, 0.5) is 0 Å². The summed E-state index contributed by atoms with van der Waals surface area (Å²) in [5.41, 5.74) is 0. The van der Waals surface area contributed by atoms with Crippen LogP contribution in [0.3, 0.4) is 0 Å². The summed E-state index contributed by atoms with van der Waals surface area (Å²) < 4.78 is 25.9.